The number of carbonyl (C=O) groups excluding carboxylic acids is 2. The summed E-state index contributed by atoms with van der Waals surface area (Å²) in [6.45, 7) is 1.79. The molecule has 34 heavy (non-hydrogen) atoms. The van der Waals surface area contributed by atoms with Gasteiger partial charge < -0.3 is 20.5 Å². The number of nitrogens with one attached hydrogen (secondary N) is 2. The first kappa shape index (κ1) is 23.0. The Balaban J connectivity index is 1.39. The third kappa shape index (κ3) is 4.61. The summed E-state index contributed by atoms with van der Waals surface area (Å²) in [6, 6.07) is 18.1. The fourth-order valence-corrected chi connectivity index (χ4v) is 4.10. The number of hydrogen-bond acceptors (Lipinski definition) is 4. The smallest absolute Gasteiger partial charge is 0.407 e. The molecule has 8 heteroatoms. The summed E-state index contributed by atoms with van der Waals surface area (Å²) in [7, 11) is 0. The largest absolute Gasteiger partial charge is 0.478 e. The first-order valence-corrected chi connectivity index (χ1v) is 10.8. The van der Waals surface area contributed by atoms with Crippen LogP contribution in [0.4, 0.5) is 14.9 Å². The first-order valence-electron chi connectivity index (χ1n) is 10.8. The van der Waals surface area contributed by atoms with Crippen molar-refractivity contribution >= 4 is 23.7 Å². The summed E-state index contributed by atoms with van der Waals surface area (Å²) in [5.41, 5.74) is 3.94. The van der Waals surface area contributed by atoms with E-state index in [-0.39, 0.29) is 30.2 Å². The van der Waals surface area contributed by atoms with Gasteiger partial charge in [0.2, 0.25) is 5.91 Å². The van der Waals surface area contributed by atoms with Crippen molar-refractivity contribution in [2.24, 2.45) is 0 Å². The van der Waals surface area contributed by atoms with Crippen LogP contribution in [0.25, 0.3) is 11.1 Å². The average molecular weight is 462 g/mol. The lowest BCUT2D eigenvalue weighted by Crippen LogP contribution is -2.44. The van der Waals surface area contributed by atoms with Gasteiger partial charge in [0.25, 0.3) is 0 Å². The Morgan fingerprint density at radius 3 is 2.18 bits per heavy atom. The highest BCUT2D eigenvalue weighted by Gasteiger charge is 2.29. The molecule has 0 spiro atoms. The van der Waals surface area contributed by atoms with E-state index in [1.165, 1.54) is 6.07 Å². The second-order valence-corrected chi connectivity index (χ2v) is 7.92. The number of rotatable bonds is 7. The van der Waals surface area contributed by atoms with Crippen molar-refractivity contribution in [3.8, 4) is 11.1 Å². The van der Waals surface area contributed by atoms with Crippen LogP contribution in [0.3, 0.4) is 0 Å². The summed E-state index contributed by atoms with van der Waals surface area (Å²) >= 11 is 0. The zero-order chi connectivity index (χ0) is 24.2. The molecule has 3 aromatic carbocycles. The molecule has 0 aromatic heterocycles. The molecule has 0 bridgehead atoms. The van der Waals surface area contributed by atoms with Crippen molar-refractivity contribution in [2.45, 2.75) is 25.3 Å². The Morgan fingerprint density at radius 2 is 1.62 bits per heavy atom. The number of ether oxygens (including phenoxy) is 1. The van der Waals surface area contributed by atoms with Crippen LogP contribution in [0.2, 0.25) is 0 Å². The van der Waals surface area contributed by atoms with Gasteiger partial charge >= 0.3 is 12.1 Å². The third-order valence-electron chi connectivity index (χ3n) is 5.83. The van der Waals surface area contributed by atoms with E-state index in [0.29, 0.717) is 0 Å². The monoisotopic (exact) mass is 462 g/mol. The van der Waals surface area contributed by atoms with Crippen LogP contribution < -0.4 is 10.6 Å². The Kier molecular flexibility index (Phi) is 6.58. The van der Waals surface area contributed by atoms with Crippen LogP contribution in [0, 0.1) is 5.82 Å². The number of carboxylic acids is 1. The standard InChI is InChI=1S/C26H23FN2O5/c1-2-22(24(30)28-23-12-11-15(25(31)32)13-21(23)27)29-26(33)34-14-20-18-9-5-3-7-16(18)17-8-4-6-10-19(17)20/h3-13,20,22H,2,14H2,1H3,(H,28,30)(H,29,33)(H,31,32). The van der Waals surface area contributed by atoms with E-state index in [1.807, 2.05) is 48.5 Å². The third-order valence-corrected chi connectivity index (χ3v) is 5.83. The molecule has 1 aliphatic carbocycles. The number of anilines is 1. The van der Waals surface area contributed by atoms with Crippen LogP contribution >= 0.6 is 0 Å². The molecule has 0 aliphatic heterocycles. The van der Waals surface area contributed by atoms with Gasteiger partial charge in [-0.05, 0) is 46.9 Å². The number of carbonyl (C=O) groups is 3. The molecule has 4 rings (SSSR count). The average Bonchev–Trinajstić information content (AvgIpc) is 3.16. The molecule has 2 amide bonds. The Bertz CT molecular complexity index is 1210. The van der Waals surface area contributed by atoms with Crippen molar-refractivity contribution in [1.82, 2.24) is 5.32 Å². The normalized spacial score (nSPS) is 12.9. The van der Waals surface area contributed by atoms with Gasteiger partial charge in [-0.25, -0.2) is 14.0 Å². The number of fused-ring (bicyclic) bond motifs is 3. The Labute approximate surface area is 195 Å². The zero-order valence-electron chi connectivity index (χ0n) is 18.4. The molecule has 1 aliphatic rings. The minimum absolute atomic E-state index is 0.100. The molecule has 3 N–H and O–H groups in total. The van der Waals surface area contributed by atoms with Gasteiger partial charge in [0, 0.05) is 5.92 Å². The van der Waals surface area contributed by atoms with Crippen LogP contribution in [0.15, 0.2) is 66.7 Å². The van der Waals surface area contributed by atoms with E-state index in [2.05, 4.69) is 10.6 Å². The highest BCUT2D eigenvalue weighted by molar-refractivity contribution is 5.97. The molecular formula is C26H23FN2O5. The molecule has 174 valence electrons. The number of carboxylic acid groups (broad SMARTS) is 1. The lowest BCUT2D eigenvalue weighted by atomic mass is 9.98. The topological polar surface area (TPSA) is 105 Å². The van der Waals surface area contributed by atoms with Crippen molar-refractivity contribution < 1.29 is 28.6 Å². The molecule has 0 heterocycles. The molecule has 0 saturated heterocycles. The second-order valence-electron chi connectivity index (χ2n) is 7.92. The SMILES string of the molecule is CCC(NC(=O)OCC1c2ccccc2-c2ccccc21)C(=O)Nc1ccc(C(=O)O)cc1F. The molecule has 0 saturated carbocycles. The van der Waals surface area contributed by atoms with Gasteiger partial charge in [0.1, 0.15) is 18.5 Å². The van der Waals surface area contributed by atoms with E-state index >= 15 is 0 Å². The number of alkyl carbamates (subject to hydrolysis) is 1. The highest BCUT2D eigenvalue weighted by atomic mass is 19.1. The van der Waals surface area contributed by atoms with Gasteiger partial charge in [-0.3, -0.25) is 4.79 Å². The van der Waals surface area contributed by atoms with Gasteiger partial charge in [-0.15, -0.1) is 0 Å². The fourth-order valence-electron chi connectivity index (χ4n) is 4.10. The van der Waals surface area contributed by atoms with Crippen molar-refractivity contribution in [3.05, 3.63) is 89.2 Å². The summed E-state index contributed by atoms with van der Waals surface area (Å²) in [6.07, 6.45) is -0.518. The lowest BCUT2D eigenvalue weighted by Gasteiger charge is -2.19. The number of amides is 2. The molecule has 3 aromatic rings. The van der Waals surface area contributed by atoms with E-state index in [0.717, 1.165) is 34.4 Å². The lowest BCUT2D eigenvalue weighted by molar-refractivity contribution is -0.118. The van der Waals surface area contributed by atoms with E-state index in [9.17, 15) is 18.8 Å². The van der Waals surface area contributed by atoms with E-state index < -0.39 is 29.8 Å². The molecule has 1 unspecified atom stereocenters. The predicted octanol–water partition coefficient (Wildman–Crippen LogP) is 4.78. The molecule has 1 atom stereocenters. The minimum Gasteiger partial charge on any atom is -0.478 e. The van der Waals surface area contributed by atoms with Gasteiger partial charge in [0.15, 0.2) is 0 Å². The summed E-state index contributed by atoms with van der Waals surface area (Å²) in [5.74, 6) is -2.92. The van der Waals surface area contributed by atoms with Gasteiger partial charge in [-0.1, -0.05) is 55.5 Å². The molecule has 0 fully saturated rings. The highest BCUT2D eigenvalue weighted by Crippen LogP contribution is 2.44. The van der Waals surface area contributed by atoms with E-state index in [4.69, 9.17) is 9.84 Å². The number of benzene rings is 3. The first-order chi connectivity index (χ1) is 16.4. The van der Waals surface area contributed by atoms with E-state index in [1.54, 1.807) is 6.92 Å². The maximum Gasteiger partial charge on any atom is 0.407 e. The van der Waals surface area contributed by atoms with Crippen LogP contribution in [-0.4, -0.2) is 35.7 Å². The van der Waals surface area contributed by atoms with Crippen molar-refractivity contribution in [1.29, 1.82) is 0 Å². The second kappa shape index (κ2) is 9.74. The fraction of sp³-hybridized carbons (Fsp3) is 0.192. The van der Waals surface area contributed by atoms with Crippen LogP contribution in [0.1, 0.15) is 40.7 Å². The predicted molar refractivity (Wildman–Crippen MR) is 124 cm³/mol. The summed E-state index contributed by atoms with van der Waals surface area (Å²) in [5, 5.41) is 13.8. The number of aromatic carboxylic acids is 1. The maximum absolute atomic E-state index is 14.1. The summed E-state index contributed by atoms with van der Waals surface area (Å²) in [4.78, 5) is 36.0. The zero-order valence-corrected chi connectivity index (χ0v) is 18.4. The van der Waals surface area contributed by atoms with Crippen molar-refractivity contribution in [2.75, 3.05) is 11.9 Å². The molecule has 7 nitrogen and oxygen atoms in total. The minimum atomic E-state index is -1.28. The molecular weight excluding hydrogens is 439 g/mol. The van der Waals surface area contributed by atoms with Crippen molar-refractivity contribution in [3.63, 3.8) is 0 Å². The van der Waals surface area contributed by atoms with Gasteiger partial charge in [0.05, 0.1) is 11.3 Å². The van der Waals surface area contributed by atoms with Crippen LogP contribution in [0.5, 0.6) is 0 Å². The number of hydrogen-bond donors (Lipinski definition) is 3. The van der Waals surface area contributed by atoms with Crippen LogP contribution in [-0.2, 0) is 9.53 Å². The molecule has 0 radical (unpaired) electrons. The quantitative estimate of drug-likeness (QED) is 0.469. The maximum atomic E-state index is 14.1. The van der Waals surface area contributed by atoms with Gasteiger partial charge in [-0.2, -0.15) is 0 Å². The Morgan fingerprint density at radius 1 is 1.00 bits per heavy atom. The summed E-state index contributed by atoms with van der Waals surface area (Å²) < 4.78 is 19.6. The Hall–Kier alpha value is -4.20. The number of halogens is 1.